The Bertz CT molecular complexity index is 452. The number of benzene rings is 1. The number of methoxy groups -OCH3 is 1. The zero-order valence-corrected chi connectivity index (χ0v) is 12.6. The first-order chi connectivity index (χ1) is 9.58. The molecule has 3 atom stereocenters. The predicted molar refractivity (Wildman–Crippen MR) is 79.3 cm³/mol. The SMILES string of the molecule is COc1ccc(C(CN)N2CCCC(C)C2C)cc1F. The van der Waals surface area contributed by atoms with E-state index in [1.807, 2.05) is 6.07 Å². The fourth-order valence-electron chi connectivity index (χ4n) is 3.16. The van der Waals surface area contributed by atoms with Crippen molar-refractivity contribution in [1.82, 2.24) is 4.90 Å². The molecule has 4 heteroatoms. The summed E-state index contributed by atoms with van der Waals surface area (Å²) in [5.74, 6) is 0.617. The van der Waals surface area contributed by atoms with Gasteiger partial charge in [0.25, 0.3) is 0 Å². The van der Waals surface area contributed by atoms with Crippen molar-refractivity contribution < 1.29 is 9.13 Å². The summed E-state index contributed by atoms with van der Waals surface area (Å²) in [4.78, 5) is 2.41. The molecule has 0 bridgehead atoms. The molecular weight excluding hydrogens is 255 g/mol. The first-order valence-corrected chi connectivity index (χ1v) is 7.37. The van der Waals surface area contributed by atoms with E-state index < -0.39 is 0 Å². The van der Waals surface area contributed by atoms with Crippen LogP contribution >= 0.6 is 0 Å². The van der Waals surface area contributed by atoms with Gasteiger partial charge in [-0.2, -0.15) is 0 Å². The summed E-state index contributed by atoms with van der Waals surface area (Å²) in [6.45, 7) is 6.05. The highest BCUT2D eigenvalue weighted by molar-refractivity contribution is 5.31. The highest BCUT2D eigenvalue weighted by Crippen LogP contribution is 2.32. The molecule has 1 aliphatic rings. The van der Waals surface area contributed by atoms with Crippen molar-refractivity contribution in [2.45, 2.75) is 38.8 Å². The molecule has 0 aromatic heterocycles. The quantitative estimate of drug-likeness (QED) is 0.921. The highest BCUT2D eigenvalue weighted by Gasteiger charge is 2.30. The summed E-state index contributed by atoms with van der Waals surface area (Å²) in [6, 6.07) is 5.72. The molecular formula is C16H25FN2O. The van der Waals surface area contributed by atoms with E-state index in [1.165, 1.54) is 20.0 Å². The van der Waals surface area contributed by atoms with E-state index in [-0.39, 0.29) is 17.6 Å². The van der Waals surface area contributed by atoms with Gasteiger partial charge >= 0.3 is 0 Å². The Hall–Kier alpha value is -1.13. The third-order valence-corrected chi connectivity index (χ3v) is 4.61. The van der Waals surface area contributed by atoms with Gasteiger partial charge in [-0.25, -0.2) is 4.39 Å². The molecule has 1 fully saturated rings. The third-order valence-electron chi connectivity index (χ3n) is 4.61. The minimum absolute atomic E-state index is 0.0770. The molecule has 3 nitrogen and oxygen atoms in total. The third kappa shape index (κ3) is 2.96. The topological polar surface area (TPSA) is 38.5 Å². The second-order valence-corrected chi connectivity index (χ2v) is 5.74. The van der Waals surface area contributed by atoms with E-state index >= 15 is 0 Å². The van der Waals surface area contributed by atoms with Crippen LogP contribution < -0.4 is 10.5 Å². The molecule has 2 N–H and O–H groups in total. The van der Waals surface area contributed by atoms with Gasteiger partial charge in [-0.3, -0.25) is 4.90 Å². The number of nitrogens with zero attached hydrogens (tertiary/aromatic N) is 1. The maximum Gasteiger partial charge on any atom is 0.165 e. The van der Waals surface area contributed by atoms with Crippen molar-refractivity contribution in [2.75, 3.05) is 20.2 Å². The molecule has 1 heterocycles. The largest absolute Gasteiger partial charge is 0.494 e. The summed E-state index contributed by atoms with van der Waals surface area (Å²) in [5, 5.41) is 0. The zero-order valence-electron chi connectivity index (χ0n) is 12.6. The molecule has 0 radical (unpaired) electrons. The van der Waals surface area contributed by atoms with E-state index in [4.69, 9.17) is 10.5 Å². The van der Waals surface area contributed by atoms with Gasteiger partial charge in [0.05, 0.1) is 7.11 Å². The minimum Gasteiger partial charge on any atom is -0.494 e. The van der Waals surface area contributed by atoms with Crippen LogP contribution in [0.4, 0.5) is 4.39 Å². The normalized spacial score (nSPS) is 25.4. The molecule has 0 spiro atoms. The van der Waals surface area contributed by atoms with Crippen LogP contribution in [0.5, 0.6) is 5.75 Å². The number of hydrogen-bond acceptors (Lipinski definition) is 3. The van der Waals surface area contributed by atoms with Gasteiger partial charge < -0.3 is 10.5 Å². The van der Waals surface area contributed by atoms with Crippen LogP contribution in [0.3, 0.4) is 0 Å². The lowest BCUT2D eigenvalue weighted by molar-refractivity contribution is 0.0708. The van der Waals surface area contributed by atoms with Gasteiger partial charge in [0.1, 0.15) is 0 Å². The Balaban J connectivity index is 2.25. The number of likely N-dealkylation sites (tertiary alicyclic amines) is 1. The number of nitrogens with two attached hydrogens (primary N) is 1. The van der Waals surface area contributed by atoms with Gasteiger partial charge in [-0.15, -0.1) is 0 Å². The van der Waals surface area contributed by atoms with Crippen molar-refractivity contribution in [3.63, 3.8) is 0 Å². The van der Waals surface area contributed by atoms with Gasteiger partial charge in [-0.1, -0.05) is 13.0 Å². The maximum atomic E-state index is 13.9. The van der Waals surface area contributed by atoms with E-state index in [0.717, 1.165) is 12.1 Å². The fourth-order valence-corrected chi connectivity index (χ4v) is 3.16. The molecule has 0 aliphatic carbocycles. The van der Waals surface area contributed by atoms with Crippen molar-refractivity contribution in [3.8, 4) is 5.75 Å². The first-order valence-electron chi connectivity index (χ1n) is 7.37. The van der Waals surface area contributed by atoms with Gasteiger partial charge in [0.2, 0.25) is 0 Å². The highest BCUT2D eigenvalue weighted by atomic mass is 19.1. The lowest BCUT2D eigenvalue weighted by atomic mass is 9.89. The van der Waals surface area contributed by atoms with Crippen molar-refractivity contribution >= 4 is 0 Å². The monoisotopic (exact) mass is 280 g/mol. The van der Waals surface area contributed by atoms with E-state index in [1.54, 1.807) is 12.1 Å². The second kappa shape index (κ2) is 6.55. The van der Waals surface area contributed by atoms with Crippen LogP contribution in [0.2, 0.25) is 0 Å². The summed E-state index contributed by atoms with van der Waals surface area (Å²) < 4.78 is 18.9. The average molecular weight is 280 g/mol. The van der Waals surface area contributed by atoms with Gasteiger partial charge in [0, 0.05) is 18.6 Å². The van der Waals surface area contributed by atoms with Crippen LogP contribution in [-0.2, 0) is 0 Å². The Labute approximate surface area is 120 Å². The number of piperidine rings is 1. The average Bonchev–Trinajstić information content (AvgIpc) is 2.44. The summed E-state index contributed by atoms with van der Waals surface area (Å²) in [6.07, 6.45) is 2.44. The minimum atomic E-state index is -0.318. The number of hydrogen-bond donors (Lipinski definition) is 1. The van der Waals surface area contributed by atoms with Crippen LogP contribution in [0.1, 0.15) is 38.3 Å². The van der Waals surface area contributed by atoms with Crippen molar-refractivity contribution in [2.24, 2.45) is 11.7 Å². The second-order valence-electron chi connectivity index (χ2n) is 5.74. The smallest absolute Gasteiger partial charge is 0.165 e. The molecule has 3 unspecified atom stereocenters. The van der Waals surface area contributed by atoms with Crippen LogP contribution in [-0.4, -0.2) is 31.1 Å². The molecule has 20 heavy (non-hydrogen) atoms. The maximum absolute atomic E-state index is 13.9. The van der Waals surface area contributed by atoms with Crippen LogP contribution in [0.25, 0.3) is 0 Å². The van der Waals surface area contributed by atoms with Gasteiger partial charge in [0.15, 0.2) is 11.6 Å². The Morgan fingerprint density at radius 1 is 1.45 bits per heavy atom. The Morgan fingerprint density at radius 3 is 2.80 bits per heavy atom. The number of ether oxygens (including phenoxy) is 1. The first kappa shape index (κ1) is 15.3. The molecule has 1 aromatic rings. The van der Waals surface area contributed by atoms with Gasteiger partial charge in [-0.05, 0) is 49.9 Å². The predicted octanol–water partition coefficient (Wildman–Crippen LogP) is 2.95. The molecule has 2 rings (SSSR count). The molecule has 0 saturated carbocycles. The Morgan fingerprint density at radius 2 is 2.20 bits per heavy atom. The lowest BCUT2D eigenvalue weighted by Crippen LogP contribution is -2.46. The van der Waals surface area contributed by atoms with E-state index in [2.05, 4.69) is 18.7 Å². The number of rotatable bonds is 4. The number of halogens is 1. The van der Waals surface area contributed by atoms with Crippen LogP contribution in [0.15, 0.2) is 18.2 Å². The lowest BCUT2D eigenvalue weighted by Gasteiger charge is -2.42. The Kier molecular flexibility index (Phi) is 5.00. The molecule has 1 aromatic carbocycles. The zero-order chi connectivity index (χ0) is 14.7. The molecule has 1 aliphatic heterocycles. The summed E-state index contributed by atoms with van der Waals surface area (Å²) >= 11 is 0. The van der Waals surface area contributed by atoms with Crippen molar-refractivity contribution in [1.29, 1.82) is 0 Å². The van der Waals surface area contributed by atoms with Crippen LogP contribution in [0, 0.1) is 11.7 Å². The molecule has 112 valence electrons. The summed E-state index contributed by atoms with van der Waals surface area (Å²) in [7, 11) is 1.48. The molecule has 0 amide bonds. The van der Waals surface area contributed by atoms with Crippen molar-refractivity contribution in [3.05, 3.63) is 29.6 Å². The van der Waals surface area contributed by atoms with E-state index in [9.17, 15) is 4.39 Å². The summed E-state index contributed by atoms with van der Waals surface area (Å²) in [5.41, 5.74) is 6.91. The van der Waals surface area contributed by atoms with E-state index in [0.29, 0.717) is 18.5 Å². The standard InChI is InChI=1S/C16H25FN2O/c1-11-5-4-8-19(12(11)2)15(10-18)13-6-7-16(20-3)14(17)9-13/h6-7,9,11-12,15H,4-5,8,10,18H2,1-3H3. The fraction of sp³-hybridized carbons (Fsp3) is 0.625. The molecule has 1 saturated heterocycles.